The van der Waals surface area contributed by atoms with E-state index < -0.39 is 16.1 Å². The molecule has 2 heteroatoms. The van der Waals surface area contributed by atoms with Crippen LogP contribution in [0.25, 0.3) is 0 Å². The predicted octanol–water partition coefficient (Wildman–Crippen LogP) is 5.64. The van der Waals surface area contributed by atoms with Crippen LogP contribution in [0.15, 0.2) is 10.9 Å². The number of hydrogen-bond acceptors (Lipinski definition) is 0. The molecule has 0 aliphatic carbocycles. The molecule has 0 aromatic rings. The summed E-state index contributed by atoms with van der Waals surface area (Å²) in [6.07, 6.45) is 6.96. The summed E-state index contributed by atoms with van der Waals surface area (Å²) in [6.45, 7) is 17.2. The van der Waals surface area contributed by atoms with Crippen LogP contribution < -0.4 is 0 Å². The predicted molar refractivity (Wildman–Crippen MR) is 83.5 cm³/mol. The Labute approximate surface area is 106 Å². The minimum absolute atomic E-state index is 1.03. The molecule has 0 aromatic carbocycles. The average molecular weight is 257 g/mol. The van der Waals surface area contributed by atoms with Gasteiger partial charge in [0.25, 0.3) is 0 Å². The molecule has 0 rings (SSSR count). The molecule has 0 saturated carbocycles. The fraction of sp³-hybridized carbons (Fsp3) is 0.857. The van der Waals surface area contributed by atoms with Gasteiger partial charge in [-0.1, -0.05) is 76.4 Å². The van der Waals surface area contributed by atoms with Gasteiger partial charge in [0.2, 0.25) is 0 Å². The summed E-state index contributed by atoms with van der Waals surface area (Å²) in [5.41, 5.74) is 2.69. The zero-order chi connectivity index (χ0) is 12.8. The van der Waals surface area contributed by atoms with Crippen molar-refractivity contribution < 1.29 is 0 Å². The molecule has 0 spiro atoms. The fourth-order valence-corrected chi connectivity index (χ4v) is 7.08. The third-order valence-electron chi connectivity index (χ3n) is 2.87. The minimum atomic E-state index is -1.06. The highest BCUT2D eigenvalue weighted by Gasteiger charge is 2.22. The van der Waals surface area contributed by atoms with Crippen molar-refractivity contribution in [3.8, 4) is 0 Å². The first-order valence-corrected chi connectivity index (χ1v) is 14.0. The molecule has 96 valence electrons. The Kier molecular flexibility index (Phi) is 6.87. The van der Waals surface area contributed by atoms with Crippen molar-refractivity contribution in [2.45, 2.75) is 78.3 Å². The Balaban J connectivity index is 4.42. The van der Waals surface area contributed by atoms with Gasteiger partial charge >= 0.3 is 0 Å². The Morgan fingerprint density at radius 3 is 1.81 bits per heavy atom. The van der Waals surface area contributed by atoms with E-state index >= 15 is 0 Å². The summed E-state index contributed by atoms with van der Waals surface area (Å²) in [7, 11) is -2.09. The molecule has 0 radical (unpaired) electrons. The molecule has 0 nitrogen and oxygen atoms in total. The van der Waals surface area contributed by atoms with E-state index in [0.717, 1.165) is 0 Å². The summed E-state index contributed by atoms with van der Waals surface area (Å²) >= 11 is 0. The molecule has 0 saturated heterocycles. The number of rotatable bonds is 7. The van der Waals surface area contributed by atoms with Crippen molar-refractivity contribution in [3.05, 3.63) is 10.9 Å². The SMILES string of the molecule is CCCCCC/C(=C\[Si](C)(C)C)[Si](C)(C)C. The van der Waals surface area contributed by atoms with Gasteiger partial charge in [-0.2, -0.15) is 0 Å². The lowest BCUT2D eigenvalue weighted by Gasteiger charge is -2.25. The number of hydrogen-bond donors (Lipinski definition) is 0. The fourth-order valence-electron chi connectivity index (χ4n) is 1.93. The zero-order valence-corrected chi connectivity index (χ0v) is 14.6. The molecular weight excluding hydrogens is 224 g/mol. The van der Waals surface area contributed by atoms with Crippen LogP contribution in [0.4, 0.5) is 0 Å². The smallest absolute Gasteiger partial charge is 0.0715 e. The van der Waals surface area contributed by atoms with Gasteiger partial charge in [0.05, 0.1) is 16.1 Å². The first-order chi connectivity index (χ1) is 7.17. The van der Waals surface area contributed by atoms with Gasteiger partial charge in [0, 0.05) is 0 Å². The van der Waals surface area contributed by atoms with Crippen molar-refractivity contribution in [3.63, 3.8) is 0 Å². The molecule has 0 atom stereocenters. The standard InChI is InChI=1S/C14H32Si2/c1-8-9-10-11-12-14(16(5,6)7)13-15(2,3)4/h13H,8-12H2,1-7H3/b14-13+. The van der Waals surface area contributed by atoms with Crippen molar-refractivity contribution in [1.29, 1.82) is 0 Å². The third kappa shape index (κ3) is 8.34. The van der Waals surface area contributed by atoms with Gasteiger partial charge in [-0.3, -0.25) is 0 Å². The normalized spacial score (nSPS) is 14.3. The number of unbranched alkanes of at least 4 members (excludes halogenated alkanes) is 3. The molecule has 0 aliphatic rings. The second-order valence-electron chi connectivity index (χ2n) is 7.10. The zero-order valence-electron chi connectivity index (χ0n) is 12.6. The highest BCUT2D eigenvalue weighted by atomic mass is 28.3. The van der Waals surface area contributed by atoms with E-state index in [4.69, 9.17) is 0 Å². The van der Waals surface area contributed by atoms with Crippen LogP contribution in [-0.2, 0) is 0 Å². The molecule has 16 heavy (non-hydrogen) atoms. The van der Waals surface area contributed by atoms with Gasteiger partial charge in [-0.15, -0.1) is 0 Å². The monoisotopic (exact) mass is 256 g/mol. The molecule has 0 fully saturated rings. The first kappa shape index (κ1) is 16.2. The Hall–Kier alpha value is 0.174. The summed E-state index contributed by atoms with van der Waals surface area (Å²) in [6, 6.07) is 0. The molecule has 0 aromatic heterocycles. The topological polar surface area (TPSA) is 0 Å². The van der Waals surface area contributed by atoms with Crippen LogP contribution in [0.2, 0.25) is 39.3 Å². The third-order valence-corrected chi connectivity index (χ3v) is 6.69. The average Bonchev–Trinajstić information content (AvgIpc) is 2.06. The Morgan fingerprint density at radius 1 is 0.875 bits per heavy atom. The summed E-state index contributed by atoms with van der Waals surface area (Å²) in [4.78, 5) is 0. The highest BCUT2D eigenvalue weighted by Crippen LogP contribution is 2.23. The van der Waals surface area contributed by atoms with E-state index in [0.29, 0.717) is 0 Å². The Morgan fingerprint density at radius 2 is 1.44 bits per heavy atom. The summed E-state index contributed by atoms with van der Waals surface area (Å²) < 4.78 is 0. The largest absolute Gasteiger partial charge is 0.0995 e. The first-order valence-electron chi connectivity index (χ1n) is 6.89. The van der Waals surface area contributed by atoms with Crippen LogP contribution in [-0.4, -0.2) is 16.1 Å². The lowest BCUT2D eigenvalue weighted by atomic mass is 10.1. The Bertz CT molecular complexity index is 216. The van der Waals surface area contributed by atoms with Gasteiger partial charge < -0.3 is 0 Å². The van der Waals surface area contributed by atoms with Gasteiger partial charge in [0.1, 0.15) is 0 Å². The lowest BCUT2D eigenvalue weighted by molar-refractivity contribution is 0.670. The van der Waals surface area contributed by atoms with Crippen LogP contribution >= 0.6 is 0 Å². The number of allylic oxidation sites excluding steroid dienone is 1. The maximum Gasteiger partial charge on any atom is 0.0715 e. The van der Waals surface area contributed by atoms with Crippen molar-refractivity contribution in [1.82, 2.24) is 0 Å². The summed E-state index contributed by atoms with van der Waals surface area (Å²) in [5.74, 6) is 0. The summed E-state index contributed by atoms with van der Waals surface area (Å²) in [5, 5.41) is 1.84. The lowest BCUT2D eigenvalue weighted by Crippen LogP contribution is -2.28. The van der Waals surface area contributed by atoms with E-state index in [9.17, 15) is 0 Å². The van der Waals surface area contributed by atoms with Crippen LogP contribution in [0, 0.1) is 0 Å². The van der Waals surface area contributed by atoms with Gasteiger partial charge in [-0.05, 0) is 12.8 Å². The van der Waals surface area contributed by atoms with Crippen LogP contribution in [0.3, 0.4) is 0 Å². The molecule has 0 unspecified atom stereocenters. The van der Waals surface area contributed by atoms with Crippen molar-refractivity contribution >= 4 is 16.1 Å². The van der Waals surface area contributed by atoms with E-state index in [1.165, 1.54) is 32.1 Å². The maximum atomic E-state index is 2.69. The van der Waals surface area contributed by atoms with E-state index in [1.807, 2.05) is 5.20 Å². The molecule has 0 heterocycles. The van der Waals surface area contributed by atoms with Crippen LogP contribution in [0.5, 0.6) is 0 Å². The molecular formula is C14H32Si2. The van der Waals surface area contributed by atoms with E-state index in [2.05, 4.69) is 51.9 Å². The second-order valence-corrected chi connectivity index (χ2v) is 17.3. The molecule has 0 aliphatic heterocycles. The highest BCUT2D eigenvalue weighted by molar-refractivity contribution is 6.87. The quantitative estimate of drug-likeness (QED) is 0.408. The second kappa shape index (κ2) is 6.80. The maximum absolute atomic E-state index is 2.69. The van der Waals surface area contributed by atoms with Gasteiger partial charge in [-0.25, -0.2) is 0 Å². The molecule has 0 amide bonds. The van der Waals surface area contributed by atoms with Crippen molar-refractivity contribution in [2.24, 2.45) is 0 Å². The molecule has 0 bridgehead atoms. The van der Waals surface area contributed by atoms with Crippen LogP contribution in [0.1, 0.15) is 39.0 Å². The van der Waals surface area contributed by atoms with Crippen molar-refractivity contribution in [2.75, 3.05) is 0 Å². The molecule has 0 N–H and O–H groups in total. The minimum Gasteiger partial charge on any atom is -0.0995 e. The van der Waals surface area contributed by atoms with Gasteiger partial charge in [0.15, 0.2) is 0 Å². The van der Waals surface area contributed by atoms with E-state index in [-0.39, 0.29) is 0 Å². The van der Waals surface area contributed by atoms with E-state index in [1.54, 1.807) is 0 Å².